The highest BCUT2D eigenvalue weighted by Gasteiger charge is 2.06. The van der Waals surface area contributed by atoms with Crippen molar-refractivity contribution >= 4 is 11.7 Å². The minimum Gasteiger partial charge on any atom is -0.384 e. The Morgan fingerprint density at radius 1 is 1.32 bits per heavy atom. The van der Waals surface area contributed by atoms with Crippen LogP contribution in [0.2, 0.25) is 0 Å². The van der Waals surface area contributed by atoms with Crippen LogP contribution >= 0.6 is 0 Å². The number of aliphatic hydroxyl groups excluding tert-OH is 1. The summed E-state index contributed by atoms with van der Waals surface area (Å²) in [4.78, 5) is 19.9. The largest absolute Gasteiger partial charge is 0.384 e. The first-order chi connectivity index (χ1) is 9.29. The number of carbonyl (C=O) groups is 1. The van der Waals surface area contributed by atoms with Gasteiger partial charge < -0.3 is 10.4 Å². The van der Waals surface area contributed by atoms with Gasteiger partial charge in [0.2, 0.25) is 0 Å². The van der Waals surface area contributed by atoms with Crippen LogP contribution < -0.4 is 5.32 Å². The Hall–Kier alpha value is -2.71. The molecule has 0 aliphatic heterocycles. The third kappa shape index (κ3) is 3.63. The molecule has 2 aromatic rings. The molecule has 2 aromatic heterocycles. The number of carbonyl (C=O) groups excluding carboxylic acids is 1. The zero-order valence-electron chi connectivity index (χ0n) is 10.00. The van der Waals surface area contributed by atoms with Crippen molar-refractivity contribution in [1.29, 1.82) is 0 Å². The summed E-state index contributed by atoms with van der Waals surface area (Å²) >= 11 is 0. The van der Waals surface area contributed by atoms with Crippen LogP contribution in [0.3, 0.4) is 0 Å². The molecule has 2 heterocycles. The molecule has 2 rings (SSSR count). The number of nitrogens with zero attached hydrogens (tertiary/aromatic N) is 2. The number of anilines is 1. The number of aromatic nitrogens is 2. The summed E-state index contributed by atoms with van der Waals surface area (Å²) in [5.41, 5.74) is 0.939. The van der Waals surface area contributed by atoms with Gasteiger partial charge in [0.05, 0.1) is 5.56 Å². The van der Waals surface area contributed by atoms with E-state index in [0.717, 1.165) is 0 Å². The lowest BCUT2D eigenvalue weighted by Gasteiger charge is -2.04. The Kier molecular flexibility index (Phi) is 4.21. The summed E-state index contributed by atoms with van der Waals surface area (Å²) in [5, 5.41) is 11.3. The lowest BCUT2D eigenvalue weighted by atomic mass is 10.2. The van der Waals surface area contributed by atoms with Crippen molar-refractivity contribution < 1.29 is 9.90 Å². The maximum Gasteiger partial charge on any atom is 0.258 e. The number of nitrogens with one attached hydrogen (secondary N) is 1. The third-order valence-corrected chi connectivity index (χ3v) is 2.21. The van der Waals surface area contributed by atoms with E-state index in [1.807, 2.05) is 0 Å². The first-order valence-electron chi connectivity index (χ1n) is 5.58. The molecule has 0 saturated heterocycles. The number of rotatable bonds is 2. The van der Waals surface area contributed by atoms with Gasteiger partial charge in [-0.1, -0.05) is 12.0 Å². The van der Waals surface area contributed by atoms with Gasteiger partial charge in [0, 0.05) is 12.4 Å². The topological polar surface area (TPSA) is 75.1 Å². The number of amides is 1. The molecule has 0 radical (unpaired) electrons. The van der Waals surface area contributed by atoms with Crippen molar-refractivity contribution in [2.45, 2.75) is 0 Å². The van der Waals surface area contributed by atoms with Gasteiger partial charge in [0.25, 0.3) is 5.91 Å². The summed E-state index contributed by atoms with van der Waals surface area (Å²) in [6.45, 7) is -0.228. The summed E-state index contributed by atoms with van der Waals surface area (Å²) in [5.74, 6) is 5.29. The van der Waals surface area contributed by atoms with E-state index < -0.39 is 0 Å². The molecule has 94 valence electrons. The Labute approximate surface area is 110 Å². The van der Waals surface area contributed by atoms with E-state index in [4.69, 9.17) is 5.11 Å². The minimum atomic E-state index is -0.284. The van der Waals surface area contributed by atoms with Gasteiger partial charge in [0.15, 0.2) is 0 Å². The van der Waals surface area contributed by atoms with Crippen LogP contribution in [-0.4, -0.2) is 27.6 Å². The lowest BCUT2D eigenvalue weighted by Crippen LogP contribution is -2.13. The lowest BCUT2D eigenvalue weighted by molar-refractivity contribution is 0.102. The zero-order chi connectivity index (χ0) is 13.5. The van der Waals surface area contributed by atoms with Gasteiger partial charge in [0.1, 0.15) is 18.1 Å². The summed E-state index contributed by atoms with van der Waals surface area (Å²) < 4.78 is 0. The molecule has 0 aromatic carbocycles. The van der Waals surface area contributed by atoms with Gasteiger partial charge >= 0.3 is 0 Å². The van der Waals surface area contributed by atoms with Crippen molar-refractivity contribution in [3.63, 3.8) is 0 Å². The molecule has 5 nitrogen and oxygen atoms in total. The molecule has 5 heteroatoms. The highest BCUT2D eigenvalue weighted by Crippen LogP contribution is 2.06. The van der Waals surface area contributed by atoms with Gasteiger partial charge in [-0.15, -0.1) is 0 Å². The smallest absolute Gasteiger partial charge is 0.258 e. The van der Waals surface area contributed by atoms with E-state index >= 15 is 0 Å². The normalized spacial score (nSPS) is 9.32. The van der Waals surface area contributed by atoms with E-state index in [9.17, 15) is 4.79 Å². The zero-order valence-corrected chi connectivity index (χ0v) is 10.00. The fraction of sp³-hybridized carbons (Fsp3) is 0.0714. The predicted octanol–water partition coefficient (Wildman–Crippen LogP) is 1.07. The Morgan fingerprint density at radius 2 is 2.21 bits per heavy atom. The number of hydrogen-bond donors (Lipinski definition) is 2. The van der Waals surface area contributed by atoms with Crippen LogP contribution in [0.25, 0.3) is 0 Å². The van der Waals surface area contributed by atoms with Crippen LogP contribution in [0.4, 0.5) is 5.82 Å². The predicted molar refractivity (Wildman–Crippen MR) is 70.4 cm³/mol. The molecule has 0 atom stereocenters. The summed E-state index contributed by atoms with van der Waals surface area (Å²) in [6.07, 6.45) is 3.07. The van der Waals surface area contributed by atoms with Crippen LogP contribution in [0.15, 0.2) is 42.7 Å². The first-order valence-corrected chi connectivity index (χ1v) is 5.58. The molecule has 0 saturated carbocycles. The van der Waals surface area contributed by atoms with E-state index in [-0.39, 0.29) is 12.5 Å². The molecule has 0 fully saturated rings. The van der Waals surface area contributed by atoms with Crippen LogP contribution in [0, 0.1) is 11.8 Å². The van der Waals surface area contributed by atoms with E-state index in [1.165, 1.54) is 6.20 Å². The molecule has 19 heavy (non-hydrogen) atoms. The second-order valence-electron chi connectivity index (χ2n) is 3.56. The summed E-state index contributed by atoms with van der Waals surface area (Å²) in [7, 11) is 0. The Bertz CT molecular complexity index is 630. The van der Waals surface area contributed by atoms with E-state index in [1.54, 1.807) is 36.5 Å². The summed E-state index contributed by atoms with van der Waals surface area (Å²) in [6, 6.07) is 8.44. The number of aliphatic hydroxyl groups is 1. The first kappa shape index (κ1) is 12.7. The second kappa shape index (κ2) is 6.28. The molecule has 0 aliphatic rings. The standard InChI is InChI=1S/C14H11N3O2/c18-9-3-6-12-5-1-7-13(16-12)17-14(19)11-4-2-8-15-10-11/h1-2,4-5,7-8,10,18H,9H2,(H,16,17,19). The van der Waals surface area contributed by atoms with E-state index in [0.29, 0.717) is 17.1 Å². The fourth-order valence-electron chi connectivity index (χ4n) is 1.39. The van der Waals surface area contributed by atoms with Crippen molar-refractivity contribution in [1.82, 2.24) is 9.97 Å². The molecule has 1 amide bonds. The van der Waals surface area contributed by atoms with E-state index in [2.05, 4.69) is 27.1 Å². The average Bonchev–Trinajstić information content (AvgIpc) is 2.46. The monoisotopic (exact) mass is 253 g/mol. The quantitative estimate of drug-likeness (QED) is 0.785. The Morgan fingerprint density at radius 3 is 2.95 bits per heavy atom. The SMILES string of the molecule is O=C(Nc1cccc(C#CCO)n1)c1cccnc1. The second-order valence-corrected chi connectivity index (χ2v) is 3.56. The molecule has 0 aliphatic carbocycles. The average molecular weight is 253 g/mol. The highest BCUT2D eigenvalue weighted by atomic mass is 16.2. The van der Waals surface area contributed by atoms with Crippen molar-refractivity contribution in [3.05, 3.63) is 54.0 Å². The molecular weight excluding hydrogens is 242 g/mol. The fourth-order valence-corrected chi connectivity index (χ4v) is 1.39. The van der Waals surface area contributed by atoms with Gasteiger partial charge in [-0.05, 0) is 30.2 Å². The van der Waals surface area contributed by atoms with Crippen LogP contribution in [0.5, 0.6) is 0 Å². The van der Waals surface area contributed by atoms with Gasteiger partial charge in [-0.25, -0.2) is 4.98 Å². The number of hydrogen-bond acceptors (Lipinski definition) is 4. The van der Waals surface area contributed by atoms with Crippen molar-refractivity contribution in [2.75, 3.05) is 11.9 Å². The van der Waals surface area contributed by atoms with Gasteiger partial charge in [-0.2, -0.15) is 0 Å². The van der Waals surface area contributed by atoms with Crippen LogP contribution in [0.1, 0.15) is 16.1 Å². The third-order valence-electron chi connectivity index (χ3n) is 2.21. The van der Waals surface area contributed by atoms with Crippen molar-refractivity contribution in [2.24, 2.45) is 0 Å². The molecule has 0 bridgehead atoms. The minimum absolute atomic E-state index is 0.228. The number of pyridine rings is 2. The Balaban J connectivity index is 2.13. The molecule has 2 N–H and O–H groups in total. The van der Waals surface area contributed by atoms with Crippen molar-refractivity contribution in [3.8, 4) is 11.8 Å². The molecule has 0 spiro atoms. The molecular formula is C14H11N3O2. The maximum absolute atomic E-state index is 11.9. The van der Waals surface area contributed by atoms with Crippen LogP contribution in [-0.2, 0) is 0 Å². The molecule has 0 unspecified atom stereocenters. The highest BCUT2D eigenvalue weighted by molar-refractivity contribution is 6.03. The van der Waals surface area contributed by atoms with Gasteiger partial charge in [-0.3, -0.25) is 9.78 Å². The maximum atomic E-state index is 11.9.